The minimum absolute atomic E-state index is 0.0294. The lowest BCUT2D eigenvalue weighted by Gasteiger charge is -2.33. The number of primary amides is 1. The maximum Gasteiger partial charge on any atom is 0.304 e. The number of nitrogens with two attached hydrogens (primary N) is 1. The summed E-state index contributed by atoms with van der Waals surface area (Å²) in [6, 6.07) is -0.0526. The highest BCUT2D eigenvalue weighted by molar-refractivity contribution is 5.81. The van der Waals surface area contributed by atoms with Crippen LogP contribution in [-0.4, -0.2) is 64.9 Å². The second-order valence-corrected chi connectivity index (χ2v) is 5.95. The monoisotopic (exact) mass is 297 g/mol. The van der Waals surface area contributed by atoms with Gasteiger partial charge in [-0.05, 0) is 32.2 Å². The third kappa shape index (κ3) is 4.17. The zero-order valence-electron chi connectivity index (χ0n) is 12.2. The predicted molar refractivity (Wildman–Crippen MR) is 75.3 cm³/mol. The van der Waals surface area contributed by atoms with Crippen LogP contribution in [0.25, 0.3) is 0 Å². The predicted octanol–water partition coefficient (Wildman–Crippen LogP) is -0.351. The van der Waals surface area contributed by atoms with Gasteiger partial charge in [-0.3, -0.25) is 19.3 Å². The molecular weight excluding hydrogens is 274 g/mol. The number of carboxylic acid groups (broad SMARTS) is 1. The lowest BCUT2D eigenvalue weighted by Crippen LogP contribution is -2.48. The molecular formula is C14H23N3O4. The van der Waals surface area contributed by atoms with Crippen molar-refractivity contribution in [1.29, 1.82) is 0 Å². The van der Waals surface area contributed by atoms with Crippen LogP contribution in [0, 0.1) is 5.92 Å². The summed E-state index contributed by atoms with van der Waals surface area (Å²) < 4.78 is 0. The van der Waals surface area contributed by atoms with E-state index in [1.165, 1.54) is 0 Å². The van der Waals surface area contributed by atoms with Gasteiger partial charge in [0, 0.05) is 19.1 Å². The zero-order valence-corrected chi connectivity index (χ0v) is 12.2. The lowest BCUT2D eigenvalue weighted by molar-refractivity contribution is -0.140. The summed E-state index contributed by atoms with van der Waals surface area (Å²) in [6.07, 6.45) is 3.36. The zero-order chi connectivity index (χ0) is 15.4. The third-order valence-electron chi connectivity index (χ3n) is 4.42. The molecule has 3 N–H and O–H groups in total. The van der Waals surface area contributed by atoms with Crippen LogP contribution in [0.3, 0.4) is 0 Å². The fraction of sp³-hybridized carbons (Fsp3) is 0.786. The van der Waals surface area contributed by atoms with E-state index in [-0.39, 0.29) is 36.7 Å². The normalized spacial score (nSPS) is 26.8. The van der Waals surface area contributed by atoms with E-state index in [1.54, 1.807) is 4.90 Å². The number of carboxylic acids is 1. The molecule has 2 aliphatic heterocycles. The van der Waals surface area contributed by atoms with Crippen molar-refractivity contribution in [3.8, 4) is 0 Å². The summed E-state index contributed by atoms with van der Waals surface area (Å²) in [5.74, 6) is -1.46. The second-order valence-electron chi connectivity index (χ2n) is 5.95. The number of piperidine rings is 1. The Bertz CT molecular complexity index is 426. The van der Waals surface area contributed by atoms with E-state index in [2.05, 4.69) is 0 Å². The van der Waals surface area contributed by atoms with Crippen LogP contribution in [0.2, 0.25) is 0 Å². The Morgan fingerprint density at radius 1 is 1.14 bits per heavy atom. The van der Waals surface area contributed by atoms with Gasteiger partial charge in [0.1, 0.15) is 0 Å². The molecule has 0 aromatic rings. The first-order valence-electron chi connectivity index (χ1n) is 7.50. The summed E-state index contributed by atoms with van der Waals surface area (Å²) in [4.78, 5) is 38.1. The molecule has 118 valence electrons. The SMILES string of the molecule is NC(=O)C1CCCN(C(=O)CN2CCCC2CC(=O)O)C1. The Morgan fingerprint density at radius 2 is 1.86 bits per heavy atom. The van der Waals surface area contributed by atoms with E-state index in [1.807, 2.05) is 4.90 Å². The van der Waals surface area contributed by atoms with Crippen LogP contribution >= 0.6 is 0 Å². The Labute approximate surface area is 124 Å². The van der Waals surface area contributed by atoms with E-state index in [4.69, 9.17) is 10.8 Å². The number of carbonyl (C=O) groups is 3. The molecule has 2 saturated heterocycles. The number of likely N-dealkylation sites (tertiary alicyclic amines) is 2. The highest BCUT2D eigenvalue weighted by Crippen LogP contribution is 2.21. The molecule has 2 aliphatic rings. The van der Waals surface area contributed by atoms with Gasteiger partial charge in [0.15, 0.2) is 0 Å². The van der Waals surface area contributed by atoms with Gasteiger partial charge < -0.3 is 15.7 Å². The topological polar surface area (TPSA) is 104 Å². The van der Waals surface area contributed by atoms with Crippen LogP contribution in [0.4, 0.5) is 0 Å². The van der Waals surface area contributed by atoms with Gasteiger partial charge in [-0.1, -0.05) is 0 Å². The first-order chi connectivity index (χ1) is 9.97. The van der Waals surface area contributed by atoms with Gasteiger partial charge in [0.25, 0.3) is 0 Å². The summed E-state index contributed by atoms with van der Waals surface area (Å²) in [5, 5.41) is 8.90. The minimum Gasteiger partial charge on any atom is -0.481 e. The number of nitrogens with zero attached hydrogens (tertiary/aromatic N) is 2. The molecule has 0 bridgehead atoms. The molecule has 2 atom stereocenters. The van der Waals surface area contributed by atoms with E-state index in [9.17, 15) is 14.4 Å². The lowest BCUT2D eigenvalue weighted by atomic mass is 9.97. The molecule has 0 aromatic carbocycles. The Morgan fingerprint density at radius 3 is 2.52 bits per heavy atom. The van der Waals surface area contributed by atoms with Crippen molar-refractivity contribution >= 4 is 17.8 Å². The number of amides is 2. The number of hydrogen-bond donors (Lipinski definition) is 2. The second kappa shape index (κ2) is 6.89. The van der Waals surface area contributed by atoms with Crippen LogP contribution < -0.4 is 5.73 Å². The molecule has 0 radical (unpaired) electrons. The molecule has 21 heavy (non-hydrogen) atoms. The quantitative estimate of drug-likeness (QED) is 0.722. The number of hydrogen-bond acceptors (Lipinski definition) is 4. The van der Waals surface area contributed by atoms with Crippen LogP contribution in [0.1, 0.15) is 32.1 Å². The summed E-state index contributed by atoms with van der Waals surface area (Å²) in [5.41, 5.74) is 5.32. The fourth-order valence-electron chi connectivity index (χ4n) is 3.25. The Hall–Kier alpha value is -1.63. The highest BCUT2D eigenvalue weighted by atomic mass is 16.4. The van der Waals surface area contributed by atoms with Crippen molar-refractivity contribution in [3.63, 3.8) is 0 Å². The van der Waals surface area contributed by atoms with Gasteiger partial charge in [0.2, 0.25) is 11.8 Å². The molecule has 7 heteroatoms. The largest absolute Gasteiger partial charge is 0.481 e. The standard InChI is InChI=1S/C14H23N3O4/c15-14(21)10-3-1-6-17(8-10)12(18)9-16-5-2-4-11(16)7-13(19)20/h10-11H,1-9H2,(H2,15,21)(H,19,20). The molecule has 0 aromatic heterocycles. The average molecular weight is 297 g/mol. The minimum atomic E-state index is -0.828. The van der Waals surface area contributed by atoms with Gasteiger partial charge >= 0.3 is 5.97 Å². The molecule has 0 aliphatic carbocycles. The van der Waals surface area contributed by atoms with Gasteiger partial charge in [-0.15, -0.1) is 0 Å². The molecule has 7 nitrogen and oxygen atoms in total. The fourth-order valence-corrected chi connectivity index (χ4v) is 3.25. The number of carbonyl (C=O) groups excluding carboxylic acids is 2. The van der Waals surface area contributed by atoms with Gasteiger partial charge in [0.05, 0.1) is 18.9 Å². The molecule has 0 saturated carbocycles. The maximum atomic E-state index is 12.3. The average Bonchev–Trinajstić information content (AvgIpc) is 2.85. The van der Waals surface area contributed by atoms with Crippen LogP contribution in [-0.2, 0) is 14.4 Å². The Balaban J connectivity index is 1.88. The van der Waals surface area contributed by atoms with Crippen molar-refractivity contribution < 1.29 is 19.5 Å². The Kier molecular flexibility index (Phi) is 5.17. The smallest absolute Gasteiger partial charge is 0.304 e. The summed E-state index contributed by atoms with van der Waals surface area (Å²) >= 11 is 0. The van der Waals surface area contributed by atoms with E-state index in [0.717, 1.165) is 32.2 Å². The van der Waals surface area contributed by atoms with Gasteiger partial charge in [-0.25, -0.2) is 0 Å². The molecule has 2 unspecified atom stereocenters. The molecule has 2 heterocycles. The number of aliphatic carboxylic acids is 1. The van der Waals surface area contributed by atoms with Crippen molar-refractivity contribution in [2.45, 2.75) is 38.1 Å². The maximum absolute atomic E-state index is 12.3. The first kappa shape index (κ1) is 15.8. The van der Waals surface area contributed by atoms with Crippen LogP contribution in [0.15, 0.2) is 0 Å². The van der Waals surface area contributed by atoms with E-state index < -0.39 is 5.97 Å². The van der Waals surface area contributed by atoms with Crippen molar-refractivity contribution in [3.05, 3.63) is 0 Å². The molecule has 2 amide bonds. The van der Waals surface area contributed by atoms with Crippen LogP contribution in [0.5, 0.6) is 0 Å². The van der Waals surface area contributed by atoms with Crippen molar-refractivity contribution in [2.75, 3.05) is 26.2 Å². The summed E-state index contributed by atoms with van der Waals surface area (Å²) in [7, 11) is 0. The van der Waals surface area contributed by atoms with Gasteiger partial charge in [-0.2, -0.15) is 0 Å². The number of rotatable bonds is 5. The third-order valence-corrected chi connectivity index (χ3v) is 4.42. The summed E-state index contributed by atoms with van der Waals surface area (Å²) in [6.45, 7) is 2.05. The molecule has 0 spiro atoms. The van der Waals surface area contributed by atoms with Crippen molar-refractivity contribution in [1.82, 2.24) is 9.80 Å². The molecule has 2 rings (SSSR count). The van der Waals surface area contributed by atoms with E-state index in [0.29, 0.717) is 13.1 Å². The molecule has 2 fully saturated rings. The highest BCUT2D eigenvalue weighted by Gasteiger charge is 2.31. The van der Waals surface area contributed by atoms with E-state index >= 15 is 0 Å². The first-order valence-corrected chi connectivity index (χ1v) is 7.50. The van der Waals surface area contributed by atoms with Crippen molar-refractivity contribution in [2.24, 2.45) is 11.7 Å².